The summed E-state index contributed by atoms with van der Waals surface area (Å²) in [6.07, 6.45) is 0.845. The zero-order valence-electron chi connectivity index (χ0n) is 10.4. The van der Waals surface area contributed by atoms with Gasteiger partial charge in [0.2, 0.25) is 5.91 Å². The molecule has 4 heteroatoms. The molecule has 0 bridgehead atoms. The van der Waals surface area contributed by atoms with Crippen molar-refractivity contribution < 1.29 is 14.3 Å². The monoisotopic (exact) mass is 247 g/mol. The van der Waals surface area contributed by atoms with Crippen LogP contribution in [0, 0.1) is 0 Å². The molecule has 1 aromatic rings. The van der Waals surface area contributed by atoms with E-state index < -0.39 is 0 Å². The standard InChI is InChI=1S/C14H17NO3/c1-10(11-5-3-2-4-6-11)14(17)18-12-7-8-13(16)15-9-12/h2-6,10,12H,7-9H2,1H3,(H,15,16)/t10-,12+/m0/s1. The molecule has 1 aliphatic heterocycles. The van der Waals surface area contributed by atoms with Crippen LogP contribution in [0.15, 0.2) is 30.3 Å². The Balaban J connectivity index is 1.90. The maximum Gasteiger partial charge on any atom is 0.313 e. The summed E-state index contributed by atoms with van der Waals surface area (Å²) < 4.78 is 5.40. The van der Waals surface area contributed by atoms with Crippen LogP contribution in [0.2, 0.25) is 0 Å². The molecule has 0 radical (unpaired) electrons. The van der Waals surface area contributed by atoms with Gasteiger partial charge >= 0.3 is 5.97 Å². The lowest BCUT2D eigenvalue weighted by Gasteiger charge is -2.24. The molecule has 1 N–H and O–H groups in total. The van der Waals surface area contributed by atoms with Gasteiger partial charge in [-0.3, -0.25) is 9.59 Å². The number of hydrogen-bond donors (Lipinski definition) is 1. The fourth-order valence-corrected chi connectivity index (χ4v) is 1.95. The quantitative estimate of drug-likeness (QED) is 0.826. The minimum absolute atomic E-state index is 0.0263. The molecule has 0 unspecified atom stereocenters. The van der Waals surface area contributed by atoms with Crippen LogP contribution in [-0.2, 0) is 14.3 Å². The lowest BCUT2D eigenvalue weighted by atomic mass is 10.0. The molecule has 1 aliphatic rings. The van der Waals surface area contributed by atoms with E-state index in [1.807, 2.05) is 37.3 Å². The van der Waals surface area contributed by atoms with Gasteiger partial charge in [-0.25, -0.2) is 0 Å². The Labute approximate surface area is 106 Å². The fourth-order valence-electron chi connectivity index (χ4n) is 1.95. The van der Waals surface area contributed by atoms with Gasteiger partial charge in [0.1, 0.15) is 6.10 Å². The molecule has 1 saturated heterocycles. The molecular formula is C14H17NO3. The molecule has 4 nitrogen and oxygen atoms in total. The van der Waals surface area contributed by atoms with Crippen LogP contribution in [0.3, 0.4) is 0 Å². The second-order valence-corrected chi connectivity index (χ2v) is 4.53. The van der Waals surface area contributed by atoms with Crippen molar-refractivity contribution in [3.05, 3.63) is 35.9 Å². The van der Waals surface area contributed by atoms with Crippen LogP contribution in [0.25, 0.3) is 0 Å². The van der Waals surface area contributed by atoms with Crippen LogP contribution in [-0.4, -0.2) is 24.5 Å². The maximum absolute atomic E-state index is 12.0. The molecule has 1 fully saturated rings. The summed E-state index contributed by atoms with van der Waals surface area (Å²) in [5.41, 5.74) is 0.947. The number of carbonyl (C=O) groups is 2. The fraction of sp³-hybridized carbons (Fsp3) is 0.429. The third-order valence-corrected chi connectivity index (χ3v) is 3.16. The molecule has 1 heterocycles. The molecule has 96 valence electrons. The molecule has 0 aliphatic carbocycles. The first-order chi connectivity index (χ1) is 8.66. The van der Waals surface area contributed by atoms with Gasteiger partial charge in [-0.2, -0.15) is 0 Å². The summed E-state index contributed by atoms with van der Waals surface area (Å²) >= 11 is 0. The van der Waals surface area contributed by atoms with Crippen LogP contribution in [0.1, 0.15) is 31.2 Å². The van der Waals surface area contributed by atoms with E-state index in [9.17, 15) is 9.59 Å². The van der Waals surface area contributed by atoms with Gasteiger partial charge < -0.3 is 10.1 Å². The van der Waals surface area contributed by atoms with Crippen LogP contribution >= 0.6 is 0 Å². The summed E-state index contributed by atoms with van der Waals surface area (Å²) in [5.74, 6) is -0.482. The maximum atomic E-state index is 12.0. The molecule has 2 atom stereocenters. The average Bonchev–Trinajstić information content (AvgIpc) is 2.41. The van der Waals surface area contributed by atoms with E-state index in [4.69, 9.17) is 4.74 Å². The highest BCUT2D eigenvalue weighted by molar-refractivity contribution is 5.79. The molecule has 2 rings (SSSR count). The van der Waals surface area contributed by atoms with Crippen molar-refractivity contribution in [2.24, 2.45) is 0 Å². The summed E-state index contributed by atoms with van der Waals surface area (Å²) in [6, 6.07) is 9.54. The smallest absolute Gasteiger partial charge is 0.313 e. The van der Waals surface area contributed by atoms with Crippen LogP contribution < -0.4 is 5.32 Å². The topological polar surface area (TPSA) is 55.4 Å². The predicted octanol–water partition coefficient (Wildman–Crippen LogP) is 1.61. The highest BCUT2D eigenvalue weighted by atomic mass is 16.5. The Hall–Kier alpha value is -1.84. The number of hydrogen-bond acceptors (Lipinski definition) is 3. The van der Waals surface area contributed by atoms with E-state index in [1.54, 1.807) is 0 Å². The van der Waals surface area contributed by atoms with Gasteiger partial charge in [0.15, 0.2) is 0 Å². The molecule has 1 aromatic carbocycles. The van der Waals surface area contributed by atoms with Crippen LogP contribution in [0.4, 0.5) is 0 Å². The zero-order chi connectivity index (χ0) is 13.0. The van der Waals surface area contributed by atoms with Crippen LogP contribution in [0.5, 0.6) is 0 Å². The number of benzene rings is 1. The largest absolute Gasteiger partial charge is 0.460 e. The number of amides is 1. The van der Waals surface area contributed by atoms with E-state index in [2.05, 4.69) is 5.32 Å². The lowest BCUT2D eigenvalue weighted by molar-refractivity contribution is -0.152. The Bertz CT molecular complexity index is 420. The second kappa shape index (κ2) is 5.67. The number of rotatable bonds is 3. The van der Waals surface area contributed by atoms with Gasteiger partial charge in [0.25, 0.3) is 0 Å². The zero-order valence-corrected chi connectivity index (χ0v) is 10.4. The minimum atomic E-state index is -0.274. The summed E-state index contributed by atoms with van der Waals surface area (Å²) in [6.45, 7) is 2.26. The number of piperidine rings is 1. The Morgan fingerprint density at radius 3 is 2.72 bits per heavy atom. The van der Waals surface area contributed by atoms with Crippen molar-refractivity contribution in [3.63, 3.8) is 0 Å². The van der Waals surface area contributed by atoms with E-state index >= 15 is 0 Å². The van der Waals surface area contributed by atoms with E-state index in [0.29, 0.717) is 19.4 Å². The second-order valence-electron chi connectivity index (χ2n) is 4.53. The lowest BCUT2D eigenvalue weighted by Crippen LogP contribution is -2.40. The van der Waals surface area contributed by atoms with Gasteiger partial charge in [-0.15, -0.1) is 0 Å². The number of nitrogens with one attached hydrogen (secondary N) is 1. The van der Waals surface area contributed by atoms with E-state index in [-0.39, 0.29) is 23.9 Å². The summed E-state index contributed by atoms with van der Waals surface area (Å²) in [7, 11) is 0. The molecule has 0 spiro atoms. The van der Waals surface area contributed by atoms with Crippen molar-refractivity contribution in [1.29, 1.82) is 0 Å². The van der Waals surface area contributed by atoms with Crippen molar-refractivity contribution in [3.8, 4) is 0 Å². The van der Waals surface area contributed by atoms with Crippen molar-refractivity contribution >= 4 is 11.9 Å². The SMILES string of the molecule is C[C@H](C(=O)O[C@@H]1CCC(=O)NC1)c1ccccc1. The first-order valence-corrected chi connectivity index (χ1v) is 6.19. The molecular weight excluding hydrogens is 230 g/mol. The molecule has 0 saturated carbocycles. The van der Waals surface area contributed by atoms with E-state index in [0.717, 1.165) is 5.56 Å². The highest BCUT2D eigenvalue weighted by Gasteiger charge is 2.24. The third-order valence-electron chi connectivity index (χ3n) is 3.16. The molecule has 0 aromatic heterocycles. The highest BCUT2D eigenvalue weighted by Crippen LogP contribution is 2.18. The van der Waals surface area contributed by atoms with Gasteiger partial charge in [0, 0.05) is 6.42 Å². The Kier molecular flexibility index (Phi) is 3.97. The van der Waals surface area contributed by atoms with Gasteiger partial charge in [0.05, 0.1) is 12.5 Å². The van der Waals surface area contributed by atoms with Gasteiger partial charge in [-0.1, -0.05) is 30.3 Å². The predicted molar refractivity (Wildman–Crippen MR) is 67.0 cm³/mol. The van der Waals surface area contributed by atoms with Gasteiger partial charge in [-0.05, 0) is 18.9 Å². The average molecular weight is 247 g/mol. The van der Waals surface area contributed by atoms with Crippen molar-refractivity contribution in [2.45, 2.75) is 31.8 Å². The third kappa shape index (κ3) is 3.09. The summed E-state index contributed by atoms with van der Waals surface area (Å²) in [4.78, 5) is 23.0. The molecule has 1 amide bonds. The van der Waals surface area contributed by atoms with E-state index in [1.165, 1.54) is 0 Å². The first kappa shape index (κ1) is 12.6. The van der Waals surface area contributed by atoms with Crippen molar-refractivity contribution in [2.75, 3.05) is 6.54 Å². The number of carbonyl (C=O) groups excluding carboxylic acids is 2. The normalized spacial score (nSPS) is 20.9. The van der Waals surface area contributed by atoms with Crippen molar-refractivity contribution in [1.82, 2.24) is 5.32 Å². The molecule has 18 heavy (non-hydrogen) atoms. The Morgan fingerprint density at radius 2 is 2.11 bits per heavy atom. The minimum Gasteiger partial charge on any atom is -0.460 e. The summed E-state index contributed by atoms with van der Waals surface area (Å²) in [5, 5.41) is 2.70. The number of esters is 1. The number of ether oxygens (including phenoxy) is 1. The Morgan fingerprint density at radius 1 is 1.39 bits per heavy atom. The first-order valence-electron chi connectivity index (χ1n) is 6.19.